The van der Waals surface area contributed by atoms with Crippen molar-refractivity contribution in [1.29, 1.82) is 0 Å². The van der Waals surface area contributed by atoms with Crippen LogP contribution in [-0.4, -0.2) is 63.5 Å². The molecule has 1 fully saturated rings. The third kappa shape index (κ3) is 6.36. The number of hydrogen-bond acceptors (Lipinski definition) is 4. The highest BCUT2D eigenvalue weighted by atomic mass is 16.5. The van der Waals surface area contributed by atoms with Gasteiger partial charge in [0.05, 0.1) is 13.2 Å². The first-order chi connectivity index (χ1) is 8.38. The first-order valence-corrected chi connectivity index (χ1v) is 6.98. The van der Waals surface area contributed by atoms with Gasteiger partial charge in [0.25, 0.3) is 0 Å². The molecule has 0 bridgehead atoms. The lowest BCUT2D eigenvalue weighted by Crippen LogP contribution is -2.47. The number of rotatable bonds is 9. The molecule has 1 heterocycles. The van der Waals surface area contributed by atoms with Gasteiger partial charge in [-0.2, -0.15) is 0 Å². The van der Waals surface area contributed by atoms with Gasteiger partial charge in [0.15, 0.2) is 0 Å². The van der Waals surface area contributed by atoms with Crippen molar-refractivity contribution in [2.75, 3.05) is 52.6 Å². The maximum absolute atomic E-state index is 5.50. The van der Waals surface area contributed by atoms with E-state index < -0.39 is 0 Å². The van der Waals surface area contributed by atoms with Crippen molar-refractivity contribution in [3.63, 3.8) is 0 Å². The minimum Gasteiger partial charge on any atom is -0.382 e. The van der Waals surface area contributed by atoms with E-state index in [0.29, 0.717) is 6.04 Å². The molecule has 102 valence electrons. The van der Waals surface area contributed by atoms with Crippen molar-refractivity contribution < 1.29 is 9.47 Å². The third-order valence-corrected chi connectivity index (χ3v) is 3.24. The monoisotopic (exact) mass is 244 g/mol. The maximum Gasteiger partial charge on any atom is 0.0622 e. The molecule has 1 saturated heterocycles. The van der Waals surface area contributed by atoms with Gasteiger partial charge in [-0.3, -0.25) is 4.90 Å². The molecule has 0 spiro atoms. The second-order valence-corrected chi connectivity index (χ2v) is 4.47. The van der Waals surface area contributed by atoms with Crippen molar-refractivity contribution in [1.82, 2.24) is 10.2 Å². The van der Waals surface area contributed by atoms with E-state index in [9.17, 15) is 0 Å². The Morgan fingerprint density at radius 2 is 2.24 bits per heavy atom. The van der Waals surface area contributed by atoms with Crippen LogP contribution in [-0.2, 0) is 9.47 Å². The van der Waals surface area contributed by atoms with Crippen LogP contribution in [0.3, 0.4) is 0 Å². The van der Waals surface area contributed by atoms with Crippen LogP contribution in [0.1, 0.15) is 26.7 Å². The number of nitrogens with zero attached hydrogens (tertiary/aromatic N) is 1. The first kappa shape index (κ1) is 14.9. The molecule has 1 atom stereocenters. The molecular weight excluding hydrogens is 216 g/mol. The quantitative estimate of drug-likeness (QED) is 0.616. The second-order valence-electron chi connectivity index (χ2n) is 4.47. The Balaban J connectivity index is 1.97. The highest BCUT2D eigenvalue weighted by molar-refractivity contribution is 4.74. The van der Waals surface area contributed by atoms with E-state index in [-0.39, 0.29) is 0 Å². The zero-order valence-corrected chi connectivity index (χ0v) is 11.4. The minimum absolute atomic E-state index is 0.619. The lowest BCUT2D eigenvalue weighted by molar-refractivity contribution is -0.00785. The molecule has 0 aromatic heterocycles. The van der Waals surface area contributed by atoms with Crippen LogP contribution >= 0.6 is 0 Å². The molecule has 0 aliphatic carbocycles. The predicted octanol–water partition coefficient (Wildman–Crippen LogP) is 1.11. The molecule has 4 heteroatoms. The van der Waals surface area contributed by atoms with Crippen molar-refractivity contribution in [2.24, 2.45) is 0 Å². The minimum atomic E-state index is 0.619. The van der Waals surface area contributed by atoms with E-state index >= 15 is 0 Å². The summed E-state index contributed by atoms with van der Waals surface area (Å²) in [7, 11) is 0. The van der Waals surface area contributed by atoms with Gasteiger partial charge in [0.2, 0.25) is 0 Å². The lowest BCUT2D eigenvalue weighted by Gasteiger charge is -2.35. The highest BCUT2D eigenvalue weighted by Crippen LogP contribution is 2.08. The van der Waals surface area contributed by atoms with Crippen molar-refractivity contribution in [3.05, 3.63) is 0 Å². The molecule has 1 N–H and O–H groups in total. The van der Waals surface area contributed by atoms with Crippen molar-refractivity contribution in [3.8, 4) is 0 Å². The van der Waals surface area contributed by atoms with E-state index in [2.05, 4.69) is 17.1 Å². The summed E-state index contributed by atoms with van der Waals surface area (Å²) in [6, 6.07) is 0.619. The fourth-order valence-electron chi connectivity index (χ4n) is 2.15. The van der Waals surface area contributed by atoms with Gasteiger partial charge in [-0.15, -0.1) is 0 Å². The van der Waals surface area contributed by atoms with Gasteiger partial charge in [-0.25, -0.2) is 0 Å². The molecule has 0 aromatic rings. The van der Waals surface area contributed by atoms with Crippen LogP contribution in [0.2, 0.25) is 0 Å². The van der Waals surface area contributed by atoms with Crippen LogP contribution in [0.5, 0.6) is 0 Å². The lowest BCUT2D eigenvalue weighted by atomic mass is 10.2. The van der Waals surface area contributed by atoms with Crippen LogP contribution in [0.4, 0.5) is 0 Å². The van der Waals surface area contributed by atoms with Crippen LogP contribution < -0.4 is 5.32 Å². The fraction of sp³-hybridized carbons (Fsp3) is 1.00. The van der Waals surface area contributed by atoms with E-state index in [1.807, 2.05) is 6.92 Å². The van der Waals surface area contributed by atoms with Gasteiger partial charge in [0.1, 0.15) is 0 Å². The zero-order chi connectivity index (χ0) is 12.3. The van der Waals surface area contributed by atoms with Gasteiger partial charge >= 0.3 is 0 Å². The Hall–Kier alpha value is -0.160. The highest BCUT2D eigenvalue weighted by Gasteiger charge is 2.20. The Morgan fingerprint density at radius 3 is 3.00 bits per heavy atom. The second kappa shape index (κ2) is 9.83. The Kier molecular flexibility index (Phi) is 8.61. The molecule has 1 unspecified atom stereocenters. The summed E-state index contributed by atoms with van der Waals surface area (Å²) in [5.74, 6) is 0. The summed E-state index contributed by atoms with van der Waals surface area (Å²) in [4.78, 5) is 2.54. The van der Waals surface area contributed by atoms with Crippen LogP contribution in [0.25, 0.3) is 0 Å². The summed E-state index contributed by atoms with van der Waals surface area (Å²) in [6.07, 6.45) is 2.29. The van der Waals surface area contributed by atoms with Crippen LogP contribution in [0, 0.1) is 0 Å². The summed E-state index contributed by atoms with van der Waals surface area (Å²) in [5.41, 5.74) is 0. The SMILES string of the molecule is CCOCCCNCCN1CCOCC1CC. The zero-order valence-electron chi connectivity index (χ0n) is 11.4. The normalized spacial score (nSPS) is 21.9. The number of nitrogens with one attached hydrogen (secondary N) is 1. The van der Waals surface area contributed by atoms with Crippen molar-refractivity contribution >= 4 is 0 Å². The molecule has 0 radical (unpaired) electrons. The number of hydrogen-bond donors (Lipinski definition) is 1. The molecular formula is C13H28N2O2. The van der Waals surface area contributed by atoms with Gasteiger partial charge < -0.3 is 14.8 Å². The van der Waals surface area contributed by atoms with Crippen molar-refractivity contribution in [2.45, 2.75) is 32.7 Å². The molecule has 17 heavy (non-hydrogen) atoms. The number of ether oxygens (including phenoxy) is 2. The summed E-state index contributed by atoms with van der Waals surface area (Å²) >= 11 is 0. The summed E-state index contributed by atoms with van der Waals surface area (Å²) < 4.78 is 10.8. The molecule has 1 aliphatic heterocycles. The standard InChI is InChI=1S/C13H28N2O2/c1-3-13-12-17-11-9-15(13)8-7-14-6-5-10-16-4-2/h13-14H,3-12H2,1-2H3. The Bertz CT molecular complexity index is 179. The molecule has 0 amide bonds. The largest absolute Gasteiger partial charge is 0.382 e. The van der Waals surface area contributed by atoms with E-state index in [1.165, 1.54) is 6.42 Å². The maximum atomic E-state index is 5.50. The smallest absolute Gasteiger partial charge is 0.0622 e. The average molecular weight is 244 g/mol. The first-order valence-electron chi connectivity index (χ1n) is 6.98. The Morgan fingerprint density at radius 1 is 1.35 bits per heavy atom. The molecule has 1 rings (SSSR count). The Labute approximate surface area is 106 Å². The summed E-state index contributed by atoms with van der Waals surface area (Å²) in [6.45, 7) is 12.1. The van der Waals surface area contributed by atoms with Gasteiger partial charge in [-0.05, 0) is 26.3 Å². The summed E-state index contributed by atoms with van der Waals surface area (Å²) in [5, 5.41) is 3.47. The van der Waals surface area contributed by atoms with Crippen LogP contribution in [0.15, 0.2) is 0 Å². The average Bonchev–Trinajstić information content (AvgIpc) is 2.38. The molecule has 4 nitrogen and oxygen atoms in total. The molecule has 1 aliphatic rings. The number of morpholine rings is 1. The predicted molar refractivity (Wildman–Crippen MR) is 70.5 cm³/mol. The van der Waals surface area contributed by atoms with Gasteiger partial charge in [-0.1, -0.05) is 6.92 Å². The molecule has 0 saturated carbocycles. The van der Waals surface area contributed by atoms with E-state index in [0.717, 1.165) is 59.0 Å². The van der Waals surface area contributed by atoms with E-state index in [1.54, 1.807) is 0 Å². The third-order valence-electron chi connectivity index (χ3n) is 3.24. The fourth-order valence-corrected chi connectivity index (χ4v) is 2.15. The van der Waals surface area contributed by atoms with E-state index in [4.69, 9.17) is 9.47 Å². The topological polar surface area (TPSA) is 33.7 Å². The molecule has 0 aromatic carbocycles. The van der Waals surface area contributed by atoms with Gasteiger partial charge in [0, 0.05) is 38.9 Å².